The first-order chi connectivity index (χ1) is 7.70. The zero-order valence-corrected chi connectivity index (χ0v) is 10.2. The molecule has 0 aliphatic carbocycles. The van der Waals surface area contributed by atoms with Crippen LogP contribution in [-0.2, 0) is 0 Å². The van der Waals surface area contributed by atoms with Gasteiger partial charge in [-0.1, -0.05) is 0 Å². The van der Waals surface area contributed by atoms with Gasteiger partial charge < -0.3 is 9.64 Å². The van der Waals surface area contributed by atoms with Crippen molar-refractivity contribution in [2.24, 2.45) is 0 Å². The van der Waals surface area contributed by atoms with Crippen molar-refractivity contribution < 1.29 is 4.74 Å². The van der Waals surface area contributed by atoms with E-state index in [1.54, 1.807) is 0 Å². The highest BCUT2D eigenvalue weighted by molar-refractivity contribution is 6.28. The van der Waals surface area contributed by atoms with Crippen LogP contribution in [0.15, 0.2) is 0 Å². The van der Waals surface area contributed by atoms with Crippen molar-refractivity contribution in [3.05, 3.63) is 5.28 Å². The molecule has 88 valence electrons. The van der Waals surface area contributed by atoms with Gasteiger partial charge in [0.25, 0.3) is 0 Å². The molecule has 1 saturated heterocycles. The van der Waals surface area contributed by atoms with Crippen molar-refractivity contribution in [3.8, 4) is 6.01 Å². The normalized spacial score (nSPS) is 20.2. The van der Waals surface area contributed by atoms with Crippen molar-refractivity contribution in [1.82, 2.24) is 15.0 Å². The highest BCUT2D eigenvalue weighted by Crippen LogP contribution is 2.23. The van der Waals surface area contributed by atoms with E-state index in [4.69, 9.17) is 16.3 Å². The van der Waals surface area contributed by atoms with Gasteiger partial charge in [-0.2, -0.15) is 15.0 Å². The molecule has 0 spiro atoms. The van der Waals surface area contributed by atoms with Crippen LogP contribution in [-0.4, -0.2) is 34.1 Å². The summed E-state index contributed by atoms with van der Waals surface area (Å²) in [6.07, 6.45) is 2.32. The number of anilines is 1. The highest BCUT2D eigenvalue weighted by atomic mass is 35.5. The summed E-state index contributed by atoms with van der Waals surface area (Å²) >= 11 is 5.84. The molecule has 1 atom stereocenters. The van der Waals surface area contributed by atoms with Gasteiger partial charge in [0.2, 0.25) is 11.2 Å². The van der Waals surface area contributed by atoms with Crippen LogP contribution in [0.1, 0.15) is 26.7 Å². The van der Waals surface area contributed by atoms with Crippen LogP contribution in [0.4, 0.5) is 5.95 Å². The maximum Gasteiger partial charge on any atom is 0.322 e. The summed E-state index contributed by atoms with van der Waals surface area (Å²) in [5.74, 6) is 0.619. The van der Waals surface area contributed by atoms with Crippen LogP contribution in [0.25, 0.3) is 0 Å². The quantitative estimate of drug-likeness (QED) is 0.811. The molecule has 0 aromatic carbocycles. The molecule has 1 unspecified atom stereocenters. The number of aromatic nitrogens is 3. The van der Waals surface area contributed by atoms with Crippen LogP contribution < -0.4 is 9.64 Å². The number of halogens is 1. The lowest BCUT2D eigenvalue weighted by Crippen LogP contribution is -2.28. The fraction of sp³-hybridized carbons (Fsp3) is 0.700. The average Bonchev–Trinajstić information content (AvgIpc) is 2.64. The summed E-state index contributed by atoms with van der Waals surface area (Å²) in [6, 6.07) is 0.754. The number of nitrogens with zero attached hydrogens (tertiary/aromatic N) is 4. The van der Waals surface area contributed by atoms with E-state index in [-0.39, 0.29) is 5.28 Å². The van der Waals surface area contributed by atoms with E-state index < -0.39 is 0 Å². The number of ether oxygens (including phenoxy) is 1. The molecule has 6 heteroatoms. The first kappa shape index (κ1) is 11.4. The van der Waals surface area contributed by atoms with Crippen LogP contribution in [0, 0.1) is 0 Å². The van der Waals surface area contributed by atoms with E-state index in [1.807, 2.05) is 6.92 Å². The predicted molar refractivity (Wildman–Crippen MR) is 62.0 cm³/mol. The van der Waals surface area contributed by atoms with Gasteiger partial charge in [0, 0.05) is 12.6 Å². The van der Waals surface area contributed by atoms with Gasteiger partial charge in [-0.25, -0.2) is 0 Å². The molecule has 1 aliphatic rings. The minimum absolute atomic E-state index is 0.188. The Bertz CT molecular complexity index is 374. The molecule has 1 aromatic heterocycles. The largest absolute Gasteiger partial charge is 0.464 e. The third-order valence-electron chi connectivity index (χ3n) is 2.66. The van der Waals surface area contributed by atoms with Crippen molar-refractivity contribution in [2.75, 3.05) is 18.1 Å². The van der Waals surface area contributed by atoms with Gasteiger partial charge in [0.15, 0.2) is 0 Å². The van der Waals surface area contributed by atoms with E-state index in [1.165, 1.54) is 0 Å². The standard InChI is InChI=1S/C10H15ClN4O/c1-3-16-10-13-8(11)12-9(14-10)15-6-4-5-7(15)2/h7H,3-6H2,1-2H3. The smallest absolute Gasteiger partial charge is 0.322 e. The maximum atomic E-state index is 5.84. The van der Waals surface area contributed by atoms with Crippen molar-refractivity contribution >= 4 is 17.5 Å². The third kappa shape index (κ3) is 2.35. The minimum Gasteiger partial charge on any atom is -0.464 e. The summed E-state index contributed by atoms with van der Waals surface area (Å²) in [6.45, 7) is 5.53. The SMILES string of the molecule is CCOc1nc(Cl)nc(N2CCCC2C)n1. The Labute approximate surface area is 99.8 Å². The van der Waals surface area contributed by atoms with Crippen LogP contribution >= 0.6 is 11.6 Å². The third-order valence-corrected chi connectivity index (χ3v) is 2.83. The van der Waals surface area contributed by atoms with Gasteiger partial charge in [0.1, 0.15) is 0 Å². The second-order valence-corrected chi connectivity index (χ2v) is 4.14. The lowest BCUT2D eigenvalue weighted by atomic mass is 10.2. The zero-order chi connectivity index (χ0) is 11.5. The number of hydrogen-bond donors (Lipinski definition) is 0. The van der Waals surface area contributed by atoms with Crippen molar-refractivity contribution in [3.63, 3.8) is 0 Å². The van der Waals surface area contributed by atoms with Gasteiger partial charge in [-0.15, -0.1) is 0 Å². The molecular formula is C10H15ClN4O. The zero-order valence-electron chi connectivity index (χ0n) is 9.48. The molecule has 1 fully saturated rings. The first-order valence-electron chi connectivity index (χ1n) is 5.51. The molecule has 5 nitrogen and oxygen atoms in total. The van der Waals surface area contributed by atoms with E-state index in [9.17, 15) is 0 Å². The minimum atomic E-state index is 0.188. The second-order valence-electron chi connectivity index (χ2n) is 3.80. The molecule has 2 heterocycles. The molecule has 0 saturated carbocycles. The summed E-state index contributed by atoms with van der Waals surface area (Å²) in [5.41, 5.74) is 0. The van der Waals surface area contributed by atoms with E-state index in [0.29, 0.717) is 24.6 Å². The summed E-state index contributed by atoms with van der Waals surface area (Å²) in [5, 5.41) is 0.188. The molecule has 0 N–H and O–H groups in total. The Balaban J connectivity index is 2.25. The Hall–Kier alpha value is -1.10. The van der Waals surface area contributed by atoms with Crippen LogP contribution in [0.3, 0.4) is 0 Å². The van der Waals surface area contributed by atoms with Gasteiger partial charge in [-0.3, -0.25) is 0 Å². The molecular weight excluding hydrogens is 228 g/mol. The predicted octanol–water partition coefficient (Wildman–Crippen LogP) is 1.91. The Kier molecular flexibility index (Phi) is 3.43. The van der Waals surface area contributed by atoms with Gasteiger partial charge in [0.05, 0.1) is 6.61 Å². The Morgan fingerprint density at radius 3 is 2.88 bits per heavy atom. The van der Waals surface area contributed by atoms with Crippen LogP contribution in [0.2, 0.25) is 5.28 Å². The molecule has 2 rings (SSSR count). The fourth-order valence-electron chi connectivity index (χ4n) is 1.87. The summed E-state index contributed by atoms with van der Waals surface area (Å²) < 4.78 is 5.25. The van der Waals surface area contributed by atoms with Crippen molar-refractivity contribution in [1.29, 1.82) is 0 Å². The molecule has 0 radical (unpaired) electrons. The lowest BCUT2D eigenvalue weighted by Gasteiger charge is -2.21. The molecule has 1 aliphatic heterocycles. The van der Waals surface area contributed by atoms with E-state index in [2.05, 4.69) is 26.8 Å². The number of rotatable bonds is 3. The average molecular weight is 243 g/mol. The monoisotopic (exact) mass is 242 g/mol. The van der Waals surface area contributed by atoms with Gasteiger partial charge >= 0.3 is 6.01 Å². The topological polar surface area (TPSA) is 51.1 Å². The summed E-state index contributed by atoms with van der Waals surface area (Å²) in [4.78, 5) is 14.4. The first-order valence-corrected chi connectivity index (χ1v) is 5.89. The lowest BCUT2D eigenvalue weighted by molar-refractivity contribution is 0.311. The second kappa shape index (κ2) is 4.82. The van der Waals surface area contributed by atoms with E-state index in [0.717, 1.165) is 19.4 Å². The fourth-order valence-corrected chi connectivity index (χ4v) is 2.02. The molecule has 16 heavy (non-hydrogen) atoms. The van der Waals surface area contributed by atoms with E-state index >= 15 is 0 Å². The highest BCUT2D eigenvalue weighted by Gasteiger charge is 2.23. The Morgan fingerprint density at radius 2 is 2.25 bits per heavy atom. The Morgan fingerprint density at radius 1 is 1.44 bits per heavy atom. The molecule has 0 amide bonds. The number of hydrogen-bond acceptors (Lipinski definition) is 5. The summed E-state index contributed by atoms with van der Waals surface area (Å²) in [7, 11) is 0. The maximum absolute atomic E-state index is 5.84. The molecule has 1 aromatic rings. The molecule has 0 bridgehead atoms. The van der Waals surface area contributed by atoms with Gasteiger partial charge in [-0.05, 0) is 38.3 Å². The van der Waals surface area contributed by atoms with Crippen molar-refractivity contribution in [2.45, 2.75) is 32.7 Å². The van der Waals surface area contributed by atoms with Crippen LogP contribution in [0.5, 0.6) is 6.01 Å².